The lowest BCUT2D eigenvalue weighted by molar-refractivity contribution is 0.434. The molecule has 0 amide bonds. The molecule has 2 nitrogen and oxygen atoms in total. The van der Waals surface area contributed by atoms with Gasteiger partial charge in [-0.3, -0.25) is 0 Å². The van der Waals surface area contributed by atoms with Crippen molar-refractivity contribution >= 4 is 22.5 Å². The predicted molar refractivity (Wildman–Crippen MR) is 70.3 cm³/mol. The van der Waals surface area contributed by atoms with E-state index in [0.29, 0.717) is 21.8 Å². The number of fused-ring (bicyclic) bond motifs is 1. The third-order valence-electron chi connectivity index (χ3n) is 3.66. The van der Waals surface area contributed by atoms with Crippen molar-refractivity contribution in [3.63, 3.8) is 0 Å². The number of nitrogens with zero attached hydrogens (tertiary/aromatic N) is 2. The zero-order valence-corrected chi connectivity index (χ0v) is 10.8. The summed E-state index contributed by atoms with van der Waals surface area (Å²) in [4.78, 5) is 0. The number of hydrogen-bond acceptors (Lipinski definition) is 2. The summed E-state index contributed by atoms with van der Waals surface area (Å²) in [6.45, 7) is 0. The van der Waals surface area contributed by atoms with E-state index in [2.05, 4.69) is 10.2 Å². The average Bonchev–Trinajstić information content (AvgIpc) is 2.39. The molecule has 1 fully saturated rings. The Morgan fingerprint density at radius 3 is 2.61 bits per heavy atom. The molecule has 0 bridgehead atoms. The minimum Gasteiger partial charge on any atom is -0.206 e. The molecule has 0 unspecified atom stereocenters. The Labute approximate surface area is 110 Å². The zero-order chi connectivity index (χ0) is 12.5. The van der Waals surface area contributed by atoms with E-state index in [0.717, 1.165) is 18.5 Å². The van der Waals surface area contributed by atoms with Gasteiger partial charge in [-0.2, -0.15) is 10.2 Å². The second-order valence-corrected chi connectivity index (χ2v) is 5.36. The highest BCUT2D eigenvalue weighted by molar-refractivity contribution is 6.31. The third kappa shape index (κ3) is 2.19. The number of rotatable bonds is 1. The first-order valence-electron chi connectivity index (χ1n) is 6.36. The molecule has 2 aromatic rings. The lowest BCUT2D eigenvalue weighted by Crippen LogP contribution is -2.07. The number of hydrogen-bond donors (Lipinski definition) is 0. The predicted octanol–water partition coefficient (Wildman–Crippen LogP) is 4.47. The van der Waals surface area contributed by atoms with Crippen molar-refractivity contribution < 1.29 is 4.39 Å². The second kappa shape index (κ2) is 4.81. The van der Waals surface area contributed by atoms with Crippen molar-refractivity contribution in [3.05, 3.63) is 34.7 Å². The lowest BCUT2D eigenvalue weighted by Gasteiger charge is -2.20. The van der Waals surface area contributed by atoms with Gasteiger partial charge in [0.15, 0.2) is 0 Å². The Morgan fingerprint density at radius 2 is 1.83 bits per heavy atom. The molecule has 0 N–H and O–H groups in total. The molecule has 1 saturated carbocycles. The van der Waals surface area contributed by atoms with E-state index in [9.17, 15) is 4.39 Å². The van der Waals surface area contributed by atoms with Crippen LogP contribution in [0.5, 0.6) is 0 Å². The highest BCUT2D eigenvalue weighted by Crippen LogP contribution is 2.32. The van der Waals surface area contributed by atoms with Crippen LogP contribution in [0.1, 0.15) is 43.7 Å². The first-order chi connectivity index (χ1) is 8.74. The fraction of sp³-hybridized carbons (Fsp3) is 0.429. The normalized spacial score (nSPS) is 17.2. The van der Waals surface area contributed by atoms with E-state index < -0.39 is 0 Å². The molecule has 3 rings (SSSR count). The first kappa shape index (κ1) is 11.8. The van der Waals surface area contributed by atoms with Crippen molar-refractivity contribution in [2.24, 2.45) is 0 Å². The fourth-order valence-corrected chi connectivity index (χ4v) is 2.88. The highest BCUT2D eigenvalue weighted by Gasteiger charge is 2.18. The summed E-state index contributed by atoms with van der Waals surface area (Å²) in [6, 6.07) is 4.82. The molecular formula is C14H14ClFN2. The summed E-state index contributed by atoms with van der Waals surface area (Å²) in [5.74, 6) is 0.121. The minimum absolute atomic E-state index is 0.315. The van der Waals surface area contributed by atoms with Gasteiger partial charge in [-0.1, -0.05) is 30.9 Å². The van der Waals surface area contributed by atoms with E-state index in [1.54, 1.807) is 6.07 Å². The van der Waals surface area contributed by atoms with Gasteiger partial charge in [-0.05, 0) is 31.0 Å². The monoisotopic (exact) mass is 264 g/mol. The van der Waals surface area contributed by atoms with Crippen LogP contribution in [0.2, 0.25) is 5.02 Å². The molecule has 0 radical (unpaired) electrons. The summed E-state index contributed by atoms with van der Waals surface area (Å²) in [6.07, 6.45) is 6.02. The number of benzene rings is 1. The standard InChI is InChI=1S/C14H14ClFN2/c15-10-6-12(16)11-8-13(17-18-14(11)7-10)9-4-2-1-3-5-9/h6-9H,1-5H2. The summed E-state index contributed by atoms with van der Waals surface area (Å²) in [7, 11) is 0. The van der Waals surface area contributed by atoms with E-state index in [1.807, 2.05) is 6.07 Å². The van der Waals surface area contributed by atoms with Crippen molar-refractivity contribution in [2.45, 2.75) is 38.0 Å². The molecular weight excluding hydrogens is 251 g/mol. The van der Waals surface area contributed by atoms with Crippen molar-refractivity contribution in [3.8, 4) is 0 Å². The van der Waals surface area contributed by atoms with Crippen LogP contribution >= 0.6 is 11.6 Å². The summed E-state index contributed by atoms with van der Waals surface area (Å²) in [5.41, 5.74) is 1.45. The van der Waals surface area contributed by atoms with Crippen LogP contribution in [-0.4, -0.2) is 10.2 Å². The molecule has 4 heteroatoms. The van der Waals surface area contributed by atoms with Gasteiger partial charge in [-0.25, -0.2) is 4.39 Å². The Bertz CT molecular complexity index is 579. The van der Waals surface area contributed by atoms with Gasteiger partial charge in [0.2, 0.25) is 0 Å². The zero-order valence-electron chi connectivity index (χ0n) is 10.00. The van der Waals surface area contributed by atoms with Gasteiger partial charge in [0.05, 0.1) is 11.2 Å². The van der Waals surface area contributed by atoms with Gasteiger partial charge in [0, 0.05) is 16.3 Å². The molecule has 0 atom stereocenters. The SMILES string of the molecule is Fc1cc(Cl)cc2nnc(C3CCCCC3)cc12. The summed E-state index contributed by atoms with van der Waals surface area (Å²) < 4.78 is 13.8. The molecule has 1 aliphatic carbocycles. The molecule has 0 aliphatic heterocycles. The maximum Gasteiger partial charge on any atom is 0.134 e. The van der Waals surface area contributed by atoms with Crippen LogP contribution in [0.25, 0.3) is 10.9 Å². The highest BCUT2D eigenvalue weighted by atomic mass is 35.5. The van der Waals surface area contributed by atoms with Gasteiger partial charge < -0.3 is 0 Å². The number of aromatic nitrogens is 2. The topological polar surface area (TPSA) is 25.8 Å². The molecule has 18 heavy (non-hydrogen) atoms. The van der Waals surface area contributed by atoms with E-state index in [4.69, 9.17) is 11.6 Å². The van der Waals surface area contributed by atoms with Crippen LogP contribution in [-0.2, 0) is 0 Å². The van der Waals surface area contributed by atoms with E-state index >= 15 is 0 Å². The van der Waals surface area contributed by atoms with Gasteiger partial charge in [-0.15, -0.1) is 0 Å². The number of halogens is 2. The molecule has 94 valence electrons. The van der Waals surface area contributed by atoms with Gasteiger partial charge in [0.25, 0.3) is 0 Å². The molecule has 0 spiro atoms. The van der Waals surface area contributed by atoms with E-state index in [1.165, 1.54) is 25.3 Å². The maximum atomic E-state index is 13.8. The van der Waals surface area contributed by atoms with E-state index in [-0.39, 0.29) is 5.82 Å². The first-order valence-corrected chi connectivity index (χ1v) is 6.74. The Hall–Kier alpha value is -1.22. The Morgan fingerprint density at radius 1 is 1.06 bits per heavy atom. The van der Waals surface area contributed by atoms with Crippen molar-refractivity contribution in [1.29, 1.82) is 0 Å². The van der Waals surface area contributed by atoms with Crippen molar-refractivity contribution in [2.75, 3.05) is 0 Å². The lowest BCUT2D eigenvalue weighted by atomic mass is 9.86. The smallest absolute Gasteiger partial charge is 0.134 e. The summed E-state index contributed by atoms with van der Waals surface area (Å²) >= 11 is 5.80. The second-order valence-electron chi connectivity index (χ2n) is 4.92. The molecule has 1 aromatic heterocycles. The Balaban J connectivity index is 2.04. The van der Waals surface area contributed by atoms with Crippen molar-refractivity contribution in [1.82, 2.24) is 10.2 Å². The Kier molecular flexibility index (Phi) is 3.16. The quantitative estimate of drug-likeness (QED) is 0.759. The van der Waals surface area contributed by atoms with Crippen LogP contribution < -0.4 is 0 Å². The average molecular weight is 265 g/mol. The summed E-state index contributed by atoms with van der Waals surface area (Å²) in [5, 5.41) is 9.23. The largest absolute Gasteiger partial charge is 0.206 e. The van der Waals surface area contributed by atoms with Gasteiger partial charge in [0.1, 0.15) is 5.82 Å². The fourth-order valence-electron chi connectivity index (χ4n) is 2.68. The third-order valence-corrected chi connectivity index (χ3v) is 3.88. The minimum atomic E-state index is -0.315. The molecule has 1 aromatic carbocycles. The van der Waals surface area contributed by atoms with Crippen LogP contribution in [0.3, 0.4) is 0 Å². The maximum absolute atomic E-state index is 13.8. The molecule has 1 heterocycles. The van der Waals surface area contributed by atoms with Crippen LogP contribution in [0, 0.1) is 5.82 Å². The van der Waals surface area contributed by atoms with Gasteiger partial charge >= 0.3 is 0 Å². The van der Waals surface area contributed by atoms with Crippen LogP contribution in [0.15, 0.2) is 18.2 Å². The van der Waals surface area contributed by atoms with Crippen LogP contribution in [0.4, 0.5) is 4.39 Å². The molecule has 1 aliphatic rings. The molecule has 0 saturated heterocycles.